The van der Waals surface area contributed by atoms with E-state index in [-0.39, 0.29) is 24.0 Å². The third-order valence-electron chi connectivity index (χ3n) is 5.34. The number of likely N-dealkylation sites (tertiary alicyclic amines) is 1. The number of carbonyl (C=O) groups is 1. The van der Waals surface area contributed by atoms with Crippen LogP contribution in [0.15, 0.2) is 36.5 Å². The molecule has 1 N–H and O–H groups in total. The van der Waals surface area contributed by atoms with Gasteiger partial charge in [0.2, 0.25) is 5.91 Å². The van der Waals surface area contributed by atoms with Gasteiger partial charge >= 0.3 is 0 Å². The van der Waals surface area contributed by atoms with E-state index in [1.807, 2.05) is 25.3 Å². The number of aromatic nitrogens is 1. The Labute approximate surface area is 150 Å². The number of nitrogens with one attached hydrogen (secondary N) is 1. The summed E-state index contributed by atoms with van der Waals surface area (Å²) < 4.78 is 5.67. The number of hydrogen-bond donors (Lipinski definition) is 1. The topological polar surface area (TPSA) is 54.5 Å². The summed E-state index contributed by atoms with van der Waals surface area (Å²) in [4.78, 5) is 19.5. The highest BCUT2D eigenvalue weighted by Gasteiger charge is 2.36. The number of carbonyl (C=O) groups excluding carboxylic acids is 1. The van der Waals surface area contributed by atoms with Crippen LogP contribution < -0.4 is 5.32 Å². The van der Waals surface area contributed by atoms with Gasteiger partial charge in [-0.3, -0.25) is 14.7 Å². The molecule has 25 heavy (non-hydrogen) atoms. The largest absolute Gasteiger partial charge is 0.373 e. The van der Waals surface area contributed by atoms with Crippen molar-refractivity contribution in [1.82, 2.24) is 15.2 Å². The maximum atomic E-state index is 12.7. The lowest BCUT2D eigenvalue weighted by molar-refractivity contribution is -0.127. The van der Waals surface area contributed by atoms with E-state index in [1.165, 1.54) is 0 Å². The minimum Gasteiger partial charge on any atom is -0.373 e. The van der Waals surface area contributed by atoms with Gasteiger partial charge in [0.25, 0.3) is 0 Å². The molecule has 0 unspecified atom stereocenters. The molecular weight excluding hydrogens is 314 g/mol. The second-order valence-electron chi connectivity index (χ2n) is 7.47. The van der Waals surface area contributed by atoms with Crippen LogP contribution in [0, 0.1) is 11.8 Å². The molecule has 4 atom stereocenters. The lowest BCUT2D eigenvalue weighted by atomic mass is 9.91. The minimum atomic E-state index is -0.125. The van der Waals surface area contributed by atoms with Crippen molar-refractivity contribution in [2.75, 3.05) is 19.7 Å². The summed E-state index contributed by atoms with van der Waals surface area (Å²) in [5.74, 6) is 0.462. The normalized spacial score (nSPS) is 30.2. The molecule has 5 nitrogen and oxygen atoms in total. The van der Waals surface area contributed by atoms with Crippen molar-refractivity contribution in [3.63, 3.8) is 0 Å². The number of nitrogens with zero attached hydrogens (tertiary/aromatic N) is 2. The summed E-state index contributed by atoms with van der Waals surface area (Å²) in [7, 11) is 0. The van der Waals surface area contributed by atoms with Gasteiger partial charge in [0, 0.05) is 38.5 Å². The zero-order valence-corrected chi connectivity index (χ0v) is 15.3. The molecular formula is C20H29N3O2. The van der Waals surface area contributed by atoms with Crippen LogP contribution in [0.1, 0.15) is 32.4 Å². The van der Waals surface area contributed by atoms with E-state index in [2.05, 4.69) is 34.8 Å². The Bertz CT molecular complexity index is 604. The average Bonchev–Trinajstić information content (AvgIpc) is 3.08. The minimum absolute atomic E-state index is 0.0868. The van der Waals surface area contributed by atoms with Crippen LogP contribution in [-0.2, 0) is 16.1 Å². The van der Waals surface area contributed by atoms with Crippen LogP contribution in [0.2, 0.25) is 0 Å². The second-order valence-corrected chi connectivity index (χ2v) is 7.47. The third-order valence-corrected chi connectivity index (χ3v) is 5.34. The Balaban J connectivity index is 1.51. The predicted octanol–water partition coefficient (Wildman–Crippen LogP) is 2.39. The summed E-state index contributed by atoms with van der Waals surface area (Å²) in [6, 6.07) is 6.27. The Kier molecular flexibility index (Phi) is 5.86. The van der Waals surface area contributed by atoms with Gasteiger partial charge < -0.3 is 10.1 Å². The van der Waals surface area contributed by atoms with Crippen LogP contribution in [0.4, 0.5) is 0 Å². The summed E-state index contributed by atoms with van der Waals surface area (Å²) in [6.45, 7) is 11.6. The number of hydrogen-bond acceptors (Lipinski definition) is 4. The van der Waals surface area contributed by atoms with E-state index in [0.29, 0.717) is 12.5 Å². The Morgan fingerprint density at radius 1 is 1.44 bits per heavy atom. The molecule has 0 aliphatic carbocycles. The Morgan fingerprint density at radius 3 is 2.96 bits per heavy atom. The van der Waals surface area contributed by atoms with Gasteiger partial charge in [-0.15, -0.1) is 0 Å². The van der Waals surface area contributed by atoms with E-state index in [0.717, 1.165) is 43.7 Å². The van der Waals surface area contributed by atoms with Gasteiger partial charge in [0.05, 0.1) is 17.7 Å². The fourth-order valence-electron chi connectivity index (χ4n) is 3.94. The zero-order valence-electron chi connectivity index (χ0n) is 15.3. The molecule has 0 saturated carbocycles. The highest BCUT2D eigenvalue weighted by atomic mass is 16.5. The summed E-state index contributed by atoms with van der Waals surface area (Å²) in [6.07, 6.45) is 3.48. The van der Waals surface area contributed by atoms with Crippen LogP contribution in [0.3, 0.4) is 0 Å². The van der Waals surface area contributed by atoms with Crippen molar-refractivity contribution in [1.29, 1.82) is 0 Å². The molecule has 3 heterocycles. The molecule has 2 aliphatic heterocycles. The summed E-state index contributed by atoms with van der Waals surface area (Å²) >= 11 is 0. The lowest BCUT2D eigenvalue weighted by Gasteiger charge is -2.37. The maximum Gasteiger partial charge on any atom is 0.226 e. The van der Waals surface area contributed by atoms with Gasteiger partial charge in [0.1, 0.15) is 0 Å². The highest BCUT2D eigenvalue weighted by molar-refractivity contribution is 5.80. The smallest absolute Gasteiger partial charge is 0.226 e. The van der Waals surface area contributed by atoms with E-state index < -0.39 is 0 Å². The molecule has 2 aliphatic rings. The van der Waals surface area contributed by atoms with Crippen LogP contribution in [-0.4, -0.2) is 47.6 Å². The van der Waals surface area contributed by atoms with Crippen molar-refractivity contribution in [2.45, 2.75) is 45.4 Å². The molecule has 0 spiro atoms. The van der Waals surface area contributed by atoms with Crippen molar-refractivity contribution in [2.24, 2.45) is 11.8 Å². The molecule has 2 saturated heterocycles. The number of amides is 1. The van der Waals surface area contributed by atoms with Crippen LogP contribution in [0.5, 0.6) is 0 Å². The van der Waals surface area contributed by atoms with Crippen LogP contribution >= 0.6 is 0 Å². The van der Waals surface area contributed by atoms with Crippen molar-refractivity contribution in [3.8, 4) is 0 Å². The first-order chi connectivity index (χ1) is 12.0. The van der Waals surface area contributed by atoms with E-state index in [1.54, 1.807) is 0 Å². The first-order valence-electron chi connectivity index (χ1n) is 9.24. The molecule has 1 aromatic rings. The standard InChI is InChI=1S/C20H29N3O2/c1-14(2)19-17(8-11-25-19)20(24)22-18-7-10-23(12-15(18)3)13-16-6-4-5-9-21-16/h4-6,9,15,17-19H,1,7-8,10-13H2,2-3H3,(H,22,24)/t15-,17+,18+,19+/m0/s1. The number of piperidine rings is 1. The van der Waals surface area contributed by atoms with Gasteiger partial charge in [-0.25, -0.2) is 0 Å². The Hall–Kier alpha value is -1.72. The predicted molar refractivity (Wildman–Crippen MR) is 97.9 cm³/mol. The molecule has 136 valence electrons. The van der Waals surface area contributed by atoms with Gasteiger partial charge in [-0.2, -0.15) is 0 Å². The average molecular weight is 343 g/mol. The molecule has 3 rings (SSSR count). The second kappa shape index (κ2) is 8.11. The molecule has 1 amide bonds. The summed E-state index contributed by atoms with van der Waals surface area (Å²) in [5.41, 5.74) is 2.04. The molecule has 0 radical (unpaired) electrons. The highest BCUT2D eigenvalue weighted by Crippen LogP contribution is 2.27. The van der Waals surface area contributed by atoms with E-state index >= 15 is 0 Å². The number of rotatable bonds is 5. The fraction of sp³-hybridized carbons (Fsp3) is 0.600. The zero-order chi connectivity index (χ0) is 17.8. The van der Waals surface area contributed by atoms with Crippen molar-refractivity contribution in [3.05, 3.63) is 42.2 Å². The first kappa shape index (κ1) is 18.1. The molecule has 5 heteroatoms. The first-order valence-corrected chi connectivity index (χ1v) is 9.24. The molecule has 2 fully saturated rings. The molecule has 1 aromatic heterocycles. The van der Waals surface area contributed by atoms with E-state index in [4.69, 9.17) is 4.74 Å². The van der Waals surface area contributed by atoms with Gasteiger partial charge in [-0.05, 0) is 37.8 Å². The van der Waals surface area contributed by atoms with Gasteiger partial charge in [-0.1, -0.05) is 25.1 Å². The number of pyridine rings is 1. The SMILES string of the molecule is C=C(C)[C@H]1OCC[C@H]1C(=O)N[C@@H]1CCN(Cc2ccccn2)C[C@@H]1C. The maximum absolute atomic E-state index is 12.7. The van der Waals surface area contributed by atoms with E-state index in [9.17, 15) is 4.79 Å². The Morgan fingerprint density at radius 2 is 2.28 bits per heavy atom. The molecule has 0 bridgehead atoms. The van der Waals surface area contributed by atoms with Crippen molar-refractivity contribution < 1.29 is 9.53 Å². The summed E-state index contributed by atoms with van der Waals surface area (Å²) in [5, 5.41) is 3.28. The quantitative estimate of drug-likeness (QED) is 0.834. The van der Waals surface area contributed by atoms with Gasteiger partial charge in [0.15, 0.2) is 0 Å². The number of ether oxygens (including phenoxy) is 1. The monoisotopic (exact) mass is 343 g/mol. The fourth-order valence-corrected chi connectivity index (χ4v) is 3.94. The van der Waals surface area contributed by atoms with Crippen molar-refractivity contribution >= 4 is 5.91 Å². The third kappa shape index (κ3) is 4.47. The molecule has 0 aromatic carbocycles. The lowest BCUT2D eigenvalue weighted by Crippen LogP contribution is -2.51. The van der Waals surface area contributed by atoms with Crippen LogP contribution in [0.25, 0.3) is 0 Å².